The highest BCUT2D eigenvalue weighted by Gasteiger charge is 2.55. The minimum Gasteiger partial charge on any atom is -0.493 e. The van der Waals surface area contributed by atoms with E-state index in [1.54, 1.807) is 56.8 Å². The second-order valence-electron chi connectivity index (χ2n) is 7.25. The first kappa shape index (κ1) is 21.4. The number of hydrogen-bond acceptors (Lipinski definition) is 6. The lowest BCUT2D eigenvalue weighted by atomic mass is 10.0. The van der Waals surface area contributed by atoms with Gasteiger partial charge in [0.05, 0.1) is 24.2 Å². The van der Waals surface area contributed by atoms with Gasteiger partial charge in [0.2, 0.25) is 5.91 Å². The Morgan fingerprint density at radius 3 is 2.32 bits per heavy atom. The van der Waals surface area contributed by atoms with Crippen LogP contribution in [0.2, 0.25) is 0 Å². The number of nitrogens with zero attached hydrogens (tertiary/aromatic N) is 1. The number of alkyl halides is 1. The summed E-state index contributed by atoms with van der Waals surface area (Å²) >= 11 is 2.01. The third-order valence-corrected chi connectivity index (χ3v) is 6.08. The molecule has 31 heavy (non-hydrogen) atoms. The molecule has 0 unspecified atom stereocenters. The van der Waals surface area contributed by atoms with Crippen LogP contribution < -0.4 is 19.5 Å². The molecule has 1 aliphatic rings. The highest BCUT2D eigenvalue weighted by Crippen LogP contribution is 2.48. The van der Waals surface area contributed by atoms with Crippen molar-refractivity contribution in [2.75, 3.05) is 24.0 Å². The number of amides is 1. The van der Waals surface area contributed by atoms with Gasteiger partial charge in [0.15, 0.2) is 17.3 Å². The first-order valence-corrected chi connectivity index (χ1v) is 11.2. The van der Waals surface area contributed by atoms with E-state index in [9.17, 15) is 9.59 Å². The molecule has 1 fully saturated rings. The third kappa shape index (κ3) is 4.16. The van der Waals surface area contributed by atoms with Crippen LogP contribution >= 0.6 is 22.6 Å². The minimum absolute atomic E-state index is 0.0119. The number of rotatable bonds is 8. The number of aromatic nitrogens is 1. The summed E-state index contributed by atoms with van der Waals surface area (Å²) < 4.78 is 17.1. The normalized spacial score (nSPS) is 14.0. The van der Waals surface area contributed by atoms with Crippen molar-refractivity contribution in [2.45, 2.75) is 12.8 Å². The molecule has 1 amide bonds. The second kappa shape index (κ2) is 8.70. The van der Waals surface area contributed by atoms with Gasteiger partial charge in [-0.1, -0.05) is 22.6 Å². The summed E-state index contributed by atoms with van der Waals surface area (Å²) in [5.74, 6) is 2.15. The molecular formula is C23H21IN2O5. The number of anilines is 1. The Kier molecular flexibility index (Phi) is 5.99. The van der Waals surface area contributed by atoms with Gasteiger partial charge >= 0.3 is 0 Å². The molecule has 8 heteroatoms. The molecule has 0 bridgehead atoms. The monoisotopic (exact) mass is 532 g/mol. The molecule has 1 saturated carbocycles. The van der Waals surface area contributed by atoms with Crippen LogP contribution in [0.3, 0.4) is 0 Å². The van der Waals surface area contributed by atoms with Crippen molar-refractivity contribution in [3.63, 3.8) is 0 Å². The molecule has 3 aromatic rings. The van der Waals surface area contributed by atoms with E-state index in [0.717, 1.165) is 5.39 Å². The Hall–Kier alpha value is -2.88. The zero-order chi connectivity index (χ0) is 22.0. The van der Waals surface area contributed by atoms with Gasteiger partial charge in [0.1, 0.15) is 16.9 Å². The zero-order valence-corrected chi connectivity index (χ0v) is 19.3. The minimum atomic E-state index is -0.841. The van der Waals surface area contributed by atoms with Gasteiger partial charge in [-0.2, -0.15) is 0 Å². The van der Waals surface area contributed by atoms with Crippen molar-refractivity contribution < 1.29 is 23.8 Å². The largest absolute Gasteiger partial charge is 0.493 e. The van der Waals surface area contributed by atoms with E-state index in [4.69, 9.17) is 14.2 Å². The summed E-state index contributed by atoms with van der Waals surface area (Å²) in [6.45, 7) is 0. The molecular weight excluding hydrogens is 511 g/mol. The van der Waals surface area contributed by atoms with Crippen LogP contribution in [0.1, 0.15) is 12.8 Å². The molecule has 7 nitrogen and oxygen atoms in total. The van der Waals surface area contributed by atoms with Gasteiger partial charge in [-0.05, 0) is 49.2 Å². The predicted molar refractivity (Wildman–Crippen MR) is 126 cm³/mol. The molecule has 4 rings (SSSR count). The SMILES string of the molecule is COc1cc2nccc(Oc3ccc(NC(=O)C4(C(=O)CI)CC4)cc3)c2cc1OC. The van der Waals surface area contributed by atoms with E-state index in [2.05, 4.69) is 10.3 Å². The van der Waals surface area contributed by atoms with Crippen molar-refractivity contribution in [1.82, 2.24) is 4.98 Å². The molecule has 1 aliphatic carbocycles. The Morgan fingerprint density at radius 2 is 1.71 bits per heavy atom. The second-order valence-corrected chi connectivity index (χ2v) is 8.02. The lowest BCUT2D eigenvalue weighted by molar-refractivity contribution is -0.131. The van der Waals surface area contributed by atoms with Crippen molar-refractivity contribution >= 4 is 50.9 Å². The van der Waals surface area contributed by atoms with E-state index < -0.39 is 5.41 Å². The van der Waals surface area contributed by atoms with Crippen LogP contribution in [0, 0.1) is 5.41 Å². The van der Waals surface area contributed by atoms with Crippen LogP contribution in [0.25, 0.3) is 10.9 Å². The lowest BCUT2D eigenvalue weighted by Gasteiger charge is -2.14. The van der Waals surface area contributed by atoms with Gasteiger partial charge in [0.25, 0.3) is 0 Å². The fourth-order valence-electron chi connectivity index (χ4n) is 3.41. The quantitative estimate of drug-likeness (QED) is 0.256. The zero-order valence-electron chi connectivity index (χ0n) is 17.1. The van der Waals surface area contributed by atoms with Crippen molar-refractivity contribution in [1.29, 1.82) is 0 Å². The summed E-state index contributed by atoms with van der Waals surface area (Å²) in [5.41, 5.74) is 0.497. The highest BCUT2D eigenvalue weighted by molar-refractivity contribution is 14.1. The summed E-state index contributed by atoms with van der Waals surface area (Å²) in [5, 5.41) is 3.63. The fraction of sp³-hybridized carbons (Fsp3) is 0.261. The van der Waals surface area contributed by atoms with E-state index in [1.807, 2.05) is 28.7 Å². The van der Waals surface area contributed by atoms with E-state index in [0.29, 0.717) is 51.5 Å². The molecule has 160 valence electrons. The molecule has 2 aromatic carbocycles. The summed E-state index contributed by atoms with van der Waals surface area (Å²) in [6, 6.07) is 12.4. The topological polar surface area (TPSA) is 86.8 Å². The number of fused-ring (bicyclic) bond motifs is 1. The standard InChI is InChI=1S/C23H21IN2O5/c1-29-19-11-16-17(12-20(19)30-2)25-10-7-18(16)31-15-5-3-14(4-6-15)26-22(28)23(8-9-23)21(27)13-24/h3-7,10-12H,8-9,13H2,1-2H3,(H,26,28). The predicted octanol–water partition coefficient (Wildman–Crippen LogP) is 4.77. The molecule has 1 aromatic heterocycles. The number of Topliss-reactive ketones (excluding diaryl/α,β-unsaturated/α-hetero) is 1. The molecule has 1 heterocycles. The van der Waals surface area contributed by atoms with Gasteiger partial charge in [-0.3, -0.25) is 14.6 Å². The maximum absolute atomic E-state index is 12.5. The molecule has 0 spiro atoms. The molecule has 0 radical (unpaired) electrons. The summed E-state index contributed by atoms with van der Waals surface area (Å²) in [6.07, 6.45) is 2.90. The first-order valence-electron chi connectivity index (χ1n) is 9.70. The highest BCUT2D eigenvalue weighted by atomic mass is 127. The number of ketones is 1. The number of halogens is 1. The Morgan fingerprint density at radius 1 is 1.03 bits per heavy atom. The number of carbonyl (C=O) groups excluding carboxylic acids is 2. The van der Waals surface area contributed by atoms with Crippen molar-refractivity contribution in [3.05, 3.63) is 48.7 Å². The molecule has 1 N–H and O–H groups in total. The van der Waals surface area contributed by atoms with Gasteiger partial charge < -0.3 is 19.5 Å². The van der Waals surface area contributed by atoms with E-state index in [-0.39, 0.29) is 11.7 Å². The average Bonchev–Trinajstić information content (AvgIpc) is 3.61. The Balaban J connectivity index is 1.52. The number of benzene rings is 2. The number of methoxy groups -OCH3 is 2. The van der Waals surface area contributed by atoms with Gasteiger partial charge in [0, 0.05) is 23.3 Å². The first-order chi connectivity index (χ1) is 15.0. The molecule has 0 saturated heterocycles. The average molecular weight is 532 g/mol. The molecule has 0 atom stereocenters. The van der Waals surface area contributed by atoms with Crippen LogP contribution in [-0.4, -0.2) is 35.3 Å². The van der Waals surface area contributed by atoms with Gasteiger partial charge in [-0.15, -0.1) is 0 Å². The van der Waals surface area contributed by atoms with Crippen LogP contribution in [0.5, 0.6) is 23.0 Å². The van der Waals surface area contributed by atoms with Gasteiger partial charge in [-0.25, -0.2) is 0 Å². The maximum atomic E-state index is 12.5. The molecule has 0 aliphatic heterocycles. The van der Waals surface area contributed by atoms with Crippen LogP contribution in [0.4, 0.5) is 5.69 Å². The Bertz CT molecular complexity index is 1140. The van der Waals surface area contributed by atoms with Crippen molar-refractivity contribution in [2.24, 2.45) is 5.41 Å². The van der Waals surface area contributed by atoms with E-state index in [1.165, 1.54) is 0 Å². The number of ether oxygens (including phenoxy) is 3. The third-order valence-electron chi connectivity index (χ3n) is 5.39. The number of hydrogen-bond donors (Lipinski definition) is 1. The fourth-order valence-corrected chi connectivity index (χ4v) is 4.14. The van der Waals surface area contributed by atoms with Crippen LogP contribution in [-0.2, 0) is 9.59 Å². The Labute approximate surface area is 193 Å². The number of carbonyl (C=O) groups is 2. The number of pyridine rings is 1. The summed E-state index contributed by atoms with van der Waals surface area (Å²) in [7, 11) is 3.15. The lowest BCUT2D eigenvalue weighted by Crippen LogP contribution is -2.32. The summed E-state index contributed by atoms with van der Waals surface area (Å²) in [4.78, 5) is 29.0. The number of nitrogens with one attached hydrogen (secondary N) is 1. The van der Waals surface area contributed by atoms with Crippen LogP contribution in [0.15, 0.2) is 48.7 Å². The van der Waals surface area contributed by atoms with Crippen molar-refractivity contribution in [3.8, 4) is 23.0 Å². The smallest absolute Gasteiger partial charge is 0.238 e. The maximum Gasteiger partial charge on any atom is 0.238 e. The van der Waals surface area contributed by atoms with E-state index >= 15 is 0 Å².